The van der Waals surface area contributed by atoms with Gasteiger partial charge >= 0.3 is 0 Å². The fraction of sp³-hybridized carbons (Fsp3) is 0.667. The maximum absolute atomic E-state index is 4.34. The van der Waals surface area contributed by atoms with Crippen LogP contribution in [0.3, 0.4) is 0 Å². The first kappa shape index (κ1) is 12.3. The molecule has 0 amide bonds. The molecule has 4 heteroatoms. The van der Waals surface area contributed by atoms with Gasteiger partial charge in [-0.15, -0.1) is 12.4 Å². The average molecular weight is 204 g/mol. The molecule has 0 aliphatic heterocycles. The highest BCUT2D eigenvalue weighted by Gasteiger charge is 2.00. The van der Waals surface area contributed by atoms with Crippen molar-refractivity contribution in [2.75, 3.05) is 11.9 Å². The molecule has 0 saturated carbocycles. The van der Waals surface area contributed by atoms with E-state index in [1.54, 1.807) is 0 Å². The first-order chi connectivity index (χ1) is 5.77. The Bertz CT molecular complexity index is 245. The molecule has 1 N–H and O–H groups in total. The fourth-order valence-electron chi connectivity index (χ4n) is 1.18. The summed E-state index contributed by atoms with van der Waals surface area (Å²) in [6.07, 6.45) is 1.15. The minimum Gasteiger partial charge on any atom is -0.370 e. The lowest BCUT2D eigenvalue weighted by atomic mass is 10.4. The summed E-state index contributed by atoms with van der Waals surface area (Å²) in [7, 11) is 0. The summed E-state index contributed by atoms with van der Waals surface area (Å²) in [5, 5.41) is 7.67. The molecular formula is C9H18ClN3. The van der Waals surface area contributed by atoms with Crippen molar-refractivity contribution in [2.45, 2.75) is 33.7 Å². The van der Waals surface area contributed by atoms with Gasteiger partial charge < -0.3 is 5.32 Å². The minimum atomic E-state index is 0. The molecule has 0 spiro atoms. The van der Waals surface area contributed by atoms with Crippen molar-refractivity contribution in [2.24, 2.45) is 0 Å². The van der Waals surface area contributed by atoms with Crippen LogP contribution in [0.15, 0.2) is 6.07 Å². The Morgan fingerprint density at radius 2 is 2.15 bits per heavy atom. The Morgan fingerprint density at radius 3 is 2.69 bits per heavy atom. The van der Waals surface area contributed by atoms with Crippen LogP contribution >= 0.6 is 12.4 Å². The van der Waals surface area contributed by atoms with Gasteiger partial charge in [-0.1, -0.05) is 6.92 Å². The number of nitrogens with zero attached hydrogens (tertiary/aromatic N) is 2. The number of anilines is 1. The first-order valence-corrected chi connectivity index (χ1v) is 4.56. The predicted molar refractivity (Wildman–Crippen MR) is 58.7 cm³/mol. The van der Waals surface area contributed by atoms with Gasteiger partial charge in [0.2, 0.25) is 0 Å². The summed E-state index contributed by atoms with van der Waals surface area (Å²) in [5.74, 6) is 1.14. The Balaban J connectivity index is 0.00000144. The average Bonchev–Trinajstić information content (AvgIpc) is 2.42. The highest BCUT2D eigenvalue weighted by molar-refractivity contribution is 5.85. The van der Waals surface area contributed by atoms with Gasteiger partial charge in [-0.3, -0.25) is 0 Å². The van der Waals surface area contributed by atoms with Gasteiger partial charge in [-0.2, -0.15) is 5.10 Å². The normalized spacial score (nSPS) is 9.46. The van der Waals surface area contributed by atoms with Crippen LogP contribution in [-0.2, 0) is 6.54 Å². The van der Waals surface area contributed by atoms with Crippen LogP contribution in [0, 0.1) is 6.92 Å². The van der Waals surface area contributed by atoms with Crippen molar-refractivity contribution in [1.29, 1.82) is 0 Å². The Kier molecular flexibility index (Phi) is 5.55. The molecule has 1 heterocycles. The quantitative estimate of drug-likeness (QED) is 0.815. The predicted octanol–water partition coefficient (Wildman–Crippen LogP) is 2.46. The lowest BCUT2D eigenvalue weighted by molar-refractivity contribution is 0.657. The molecule has 0 atom stereocenters. The minimum absolute atomic E-state index is 0. The van der Waals surface area contributed by atoms with Gasteiger partial charge in [0.15, 0.2) is 0 Å². The first-order valence-electron chi connectivity index (χ1n) is 4.56. The van der Waals surface area contributed by atoms with Gasteiger partial charge in [0.25, 0.3) is 0 Å². The van der Waals surface area contributed by atoms with E-state index in [1.165, 1.54) is 0 Å². The number of halogens is 1. The summed E-state index contributed by atoms with van der Waals surface area (Å²) < 4.78 is 1.99. The second-order valence-corrected chi connectivity index (χ2v) is 2.91. The van der Waals surface area contributed by atoms with Gasteiger partial charge in [-0.25, -0.2) is 4.68 Å². The van der Waals surface area contributed by atoms with Crippen LogP contribution in [0.2, 0.25) is 0 Å². The zero-order valence-electron chi connectivity index (χ0n) is 8.50. The molecule has 1 rings (SSSR count). The number of rotatable bonds is 4. The van der Waals surface area contributed by atoms with E-state index in [2.05, 4.69) is 30.3 Å². The van der Waals surface area contributed by atoms with E-state index in [-0.39, 0.29) is 12.4 Å². The summed E-state index contributed by atoms with van der Waals surface area (Å²) in [6.45, 7) is 8.23. The lowest BCUT2D eigenvalue weighted by Crippen LogP contribution is -2.07. The molecule has 1 aromatic heterocycles. The van der Waals surface area contributed by atoms with Crippen molar-refractivity contribution in [3.05, 3.63) is 11.8 Å². The molecule has 0 fully saturated rings. The van der Waals surface area contributed by atoms with E-state index < -0.39 is 0 Å². The van der Waals surface area contributed by atoms with E-state index in [9.17, 15) is 0 Å². The van der Waals surface area contributed by atoms with E-state index in [0.29, 0.717) is 0 Å². The number of hydrogen-bond donors (Lipinski definition) is 1. The molecule has 1 aromatic rings. The molecule has 0 aromatic carbocycles. The van der Waals surface area contributed by atoms with Crippen molar-refractivity contribution in [1.82, 2.24) is 9.78 Å². The fourth-order valence-corrected chi connectivity index (χ4v) is 1.18. The van der Waals surface area contributed by atoms with E-state index in [0.717, 1.165) is 31.0 Å². The zero-order valence-corrected chi connectivity index (χ0v) is 9.32. The number of hydrogen-bond acceptors (Lipinski definition) is 2. The van der Waals surface area contributed by atoms with Crippen molar-refractivity contribution in [3.63, 3.8) is 0 Å². The van der Waals surface area contributed by atoms with Crippen LogP contribution in [0.4, 0.5) is 5.82 Å². The molecule has 76 valence electrons. The maximum atomic E-state index is 4.34. The smallest absolute Gasteiger partial charge is 0.124 e. The molecule has 0 aliphatic carbocycles. The van der Waals surface area contributed by atoms with Crippen LogP contribution in [0.25, 0.3) is 0 Å². The van der Waals surface area contributed by atoms with Crippen molar-refractivity contribution < 1.29 is 0 Å². The number of nitrogens with one attached hydrogen (secondary N) is 1. The van der Waals surface area contributed by atoms with Crippen molar-refractivity contribution in [3.8, 4) is 0 Å². The largest absolute Gasteiger partial charge is 0.370 e. The summed E-state index contributed by atoms with van der Waals surface area (Å²) >= 11 is 0. The second-order valence-electron chi connectivity index (χ2n) is 2.91. The Labute approximate surface area is 85.9 Å². The van der Waals surface area contributed by atoms with Crippen LogP contribution in [0.5, 0.6) is 0 Å². The third-order valence-electron chi connectivity index (χ3n) is 1.76. The molecule has 0 radical (unpaired) electrons. The van der Waals surface area contributed by atoms with Gasteiger partial charge in [0.1, 0.15) is 5.82 Å². The summed E-state index contributed by atoms with van der Waals surface area (Å²) in [4.78, 5) is 0. The molecule has 0 aliphatic rings. The van der Waals surface area contributed by atoms with Gasteiger partial charge in [0.05, 0.1) is 5.69 Å². The van der Waals surface area contributed by atoms with Crippen LogP contribution in [-0.4, -0.2) is 16.3 Å². The zero-order chi connectivity index (χ0) is 8.97. The summed E-state index contributed by atoms with van der Waals surface area (Å²) in [6, 6.07) is 2.08. The molecule has 13 heavy (non-hydrogen) atoms. The Hall–Kier alpha value is -0.700. The SMILES string of the molecule is CCCNc1cc(C)nn1CC.Cl. The topological polar surface area (TPSA) is 29.9 Å². The van der Waals surface area contributed by atoms with E-state index in [1.807, 2.05) is 11.6 Å². The standard InChI is InChI=1S/C9H17N3.ClH/c1-4-6-10-9-7-8(3)11-12(9)5-2;/h7,10H,4-6H2,1-3H3;1H. The van der Waals surface area contributed by atoms with Crippen LogP contribution < -0.4 is 5.32 Å². The Morgan fingerprint density at radius 1 is 1.46 bits per heavy atom. The summed E-state index contributed by atoms with van der Waals surface area (Å²) in [5.41, 5.74) is 1.08. The molecule has 3 nitrogen and oxygen atoms in total. The highest BCUT2D eigenvalue weighted by Crippen LogP contribution is 2.09. The van der Waals surface area contributed by atoms with Gasteiger partial charge in [0, 0.05) is 19.2 Å². The highest BCUT2D eigenvalue weighted by atomic mass is 35.5. The second kappa shape index (κ2) is 5.86. The number of aryl methyl sites for hydroxylation is 2. The number of aromatic nitrogens is 2. The van der Waals surface area contributed by atoms with E-state index >= 15 is 0 Å². The monoisotopic (exact) mass is 203 g/mol. The molecule has 0 bridgehead atoms. The third-order valence-corrected chi connectivity index (χ3v) is 1.76. The maximum Gasteiger partial charge on any atom is 0.124 e. The third kappa shape index (κ3) is 3.27. The van der Waals surface area contributed by atoms with Crippen LogP contribution in [0.1, 0.15) is 26.0 Å². The lowest BCUT2D eigenvalue weighted by Gasteiger charge is -2.05. The van der Waals surface area contributed by atoms with E-state index in [4.69, 9.17) is 0 Å². The molecule has 0 saturated heterocycles. The van der Waals surface area contributed by atoms with Gasteiger partial charge in [-0.05, 0) is 20.3 Å². The van der Waals surface area contributed by atoms with Crippen molar-refractivity contribution >= 4 is 18.2 Å². The molecule has 0 unspecified atom stereocenters. The molecular weight excluding hydrogens is 186 g/mol.